The predicted molar refractivity (Wildman–Crippen MR) is 112 cm³/mol. The first-order valence-electron chi connectivity index (χ1n) is 9.57. The maximum Gasteiger partial charge on any atom is 0.338 e. The van der Waals surface area contributed by atoms with Crippen LogP contribution in [0.25, 0.3) is 0 Å². The van der Waals surface area contributed by atoms with E-state index >= 15 is 0 Å². The van der Waals surface area contributed by atoms with Crippen molar-refractivity contribution in [1.29, 1.82) is 0 Å². The van der Waals surface area contributed by atoms with Gasteiger partial charge in [-0.1, -0.05) is 26.2 Å². The van der Waals surface area contributed by atoms with Crippen molar-refractivity contribution in [1.82, 2.24) is 5.32 Å². The standard InChI is InChI=1S/C20H30BrClN2O2/c1-2-20(8-4-3-5-9-20)24-14-16-12-15(13-17(21)18(16)23)19(25)26-11-7-6-10-22/h12-13,24H,2-11,14,23H2,1H3. The molecule has 0 heterocycles. The summed E-state index contributed by atoms with van der Waals surface area (Å²) in [5, 5.41) is 3.73. The Morgan fingerprint density at radius 2 is 2.04 bits per heavy atom. The van der Waals surface area contributed by atoms with Gasteiger partial charge in [-0.2, -0.15) is 0 Å². The van der Waals surface area contributed by atoms with Gasteiger partial charge in [-0.3, -0.25) is 0 Å². The van der Waals surface area contributed by atoms with E-state index in [1.165, 1.54) is 32.1 Å². The van der Waals surface area contributed by atoms with Crippen LogP contribution in [0.3, 0.4) is 0 Å². The number of alkyl halides is 1. The molecule has 1 aliphatic carbocycles. The number of benzene rings is 1. The fourth-order valence-corrected chi connectivity index (χ4v) is 4.24. The maximum atomic E-state index is 12.3. The van der Waals surface area contributed by atoms with Crippen LogP contribution >= 0.6 is 27.5 Å². The number of nitrogen functional groups attached to an aromatic ring is 1. The van der Waals surface area contributed by atoms with Crippen LogP contribution in [0.1, 0.15) is 74.2 Å². The van der Waals surface area contributed by atoms with Gasteiger partial charge in [0.25, 0.3) is 0 Å². The van der Waals surface area contributed by atoms with E-state index in [2.05, 4.69) is 28.2 Å². The first-order valence-corrected chi connectivity index (χ1v) is 10.9. The van der Waals surface area contributed by atoms with E-state index in [1.807, 2.05) is 6.07 Å². The van der Waals surface area contributed by atoms with Crippen molar-refractivity contribution in [3.05, 3.63) is 27.7 Å². The van der Waals surface area contributed by atoms with Gasteiger partial charge in [0.1, 0.15) is 0 Å². The van der Waals surface area contributed by atoms with Crippen LogP contribution in [0, 0.1) is 0 Å². The van der Waals surface area contributed by atoms with E-state index in [0.717, 1.165) is 29.3 Å². The summed E-state index contributed by atoms with van der Waals surface area (Å²) in [6.45, 7) is 3.29. The minimum absolute atomic E-state index is 0.190. The molecule has 0 aromatic heterocycles. The number of hydrogen-bond acceptors (Lipinski definition) is 4. The van der Waals surface area contributed by atoms with Crippen LogP contribution in [0.15, 0.2) is 16.6 Å². The zero-order chi connectivity index (χ0) is 19.0. The zero-order valence-corrected chi connectivity index (χ0v) is 17.9. The summed E-state index contributed by atoms with van der Waals surface area (Å²) in [6, 6.07) is 3.59. The van der Waals surface area contributed by atoms with E-state index in [0.29, 0.717) is 30.3 Å². The summed E-state index contributed by atoms with van der Waals surface area (Å²) in [5.74, 6) is 0.268. The lowest BCUT2D eigenvalue weighted by atomic mass is 9.79. The Bertz CT molecular complexity index is 604. The molecule has 2 rings (SSSR count). The van der Waals surface area contributed by atoms with E-state index in [4.69, 9.17) is 22.1 Å². The fourth-order valence-electron chi connectivity index (χ4n) is 3.55. The van der Waals surface area contributed by atoms with Crippen molar-refractivity contribution in [2.24, 2.45) is 0 Å². The third-order valence-electron chi connectivity index (χ3n) is 5.35. The number of carbonyl (C=O) groups is 1. The molecular formula is C20H30BrClN2O2. The monoisotopic (exact) mass is 444 g/mol. The number of esters is 1. The molecule has 1 aromatic rings. The lowest BCUT2D eigenvalue weighted by molar-refractivity contribution is 0.0499. The minimum atomic E-state index is -0.315. The molecule has 0 spiro atoms. The molecule has 0 saturated heterocycles. The van der Waals surface area contributed by atoms with Crippen LogP contribution in [-0.4, -0.2) is 24.0 Å². The minimum Gasteiger partial charge on any atom is -0.462 e. The van der Waals surface area contributed by atoms with Gasteiger partial charge in [0.05, 0.1) is 17.9 Å². The third kappa shape index (κ3) is 5.86. The predicted octanol–water partition coefficient (Wildman–Crippen LogP) is 5.41. The van der Waals surface area contributed by atoms with Gasteiger partial charge in [-0.25, -0.2) is 4.79 Å². The molecule has 1 saturated carbocycles. The van der Waals surface area contributed by atoms with E-state index < -0.39 is 0 Å². The van der Waals surface area contributed by atoms with Crippen molar-refractivity contribution >= 4 is 39.2 Å². The van der Waals surface area contributed by atoms with Crippen LogP contribution in [0.4, 0.5) is 5.69 Å². The Morgan fingerprint density at radius 1 is 1.31 bits per heavy atom. The van der Waals surface area contributed by atoms with Crippen LogP contribution in [0.5, 0.6) is 0 Å². The second kappa shape index (κ2) is 10.5. The molecule has 0 atom stereocenters. The first kappa shape index (κ1) is 21.5. The Kier molecular flexibility index (Phi) is 8.71. The number of nitrogens with one attached hydrogen (secondary N) is 1. The summed E-state index contributed by atoms with van der Waals surface area (Å²) in [5.41, 5.74) is 8.57. The number of carbonyl (C=O) groups excluding carboxylic acids is 1. The molecule has 0 bridgehead atoms. The Hall–Kier alpha value is -0.780. The van der Waals surface area contributed by atoms with Crippen LogP contribution in [-0.2, 0) is 11.3 Å². The molecule has 4 nitrogen and oxygen atoms in total. The second-order valence-corrected chi connectivity index (χ2v) is 8.34. The largest absolute Gasteiger partial charge is 0.462 e. The van der Waals surface area contributed by atoms with Gasteiger partial charge in [-0.15, -0.1) is 11.6 Å². The van der Waals surface area contributed by atoms with Gasteiger partial charge < -0.3 is 15.8 Å². The Morgan fingerprint density at radius 3 is 2.69 bits per heavy atom. The van der Waals surface area contributed by atoms with Crippen molar-refractivity contribution in [3.8, 4) is 0 Å². The lowest BCUT2D eigenvalue weighted by Gasteiger charge is -2.38. The van der Waals surface area contributed by atoms with Crippen molar-refractivity contribution in [2.45, 2.75) is 70.4 Å². The molecule has 3 N–H and O–H groups in total. The highest BCUT2D eigenvalue weighted by atomic mass is 79.9. The van der Waals surface area contributed by atoms with Crippen LogP contribution in [0.2, 0.25) is 0 Å². The molecule has 6 heteroatoms. The number of halogens is 2. The van der Waals surface area contributed by atoms with E-state index in [1.54, 1.807) is 6.07 Å². The summed E-state index contributed by atoms with van der Waals surface area (Å²) < 4.78 is 6.07. The molecule has 146 valence electrons. The SMILES string of the molecule is CCC1(NCc2cc(C(=O)OCCCCCl)cc(Br)c2N)CCCCC1. The van der Waals surface area contributed by atoms with E-state index in [9.17, 15) is 4.79 Å². The van der Waals surface area contributed by atoms with Gasteiger partial charge in [0, 0.05) is 22.4 Å². The zero-order valence-electron chi connectivity index (χ0n) is 15.6. The molecule has 0 amide bonds. The maximum absolute atomic E-state index is 12.3. The summed E-state index contributed by atoms with van der Waals surface area (Å²) in [4.78, 5) is 12.3. The smallest absolute Gasteiger partial charge is 0.338 e. The molecule has 0 unspecified atom stereocenters. The highest BCUT2D eigenvalue weighted by molar-refractivity contribution is 9.10. The topological polar surface area (TPSA) is 64.3 Å². The van der Waals surface area contributed by atoms with Crippen LogP contribution < -0.4 is 11.1 Å². The quantitative estimate of drug-likeness (QED) is 0.231. The number of ether oxygens (including phenoxy) is 1. The highest BCUT2D eigenvalue weighted by Crippen LogP contribution is 2.32. The highest BCUT2D eigenvalue weighted by Gasteiger charge is 2.29. The normalized spacial score (nSPS) is 16.4. The number of unbranched alkanes of at least 4 members (excludes halogenated alkanes) is 1. The third-order valence-corrected chi connectivity index (χ3v) is 6.28. The number of nitrogens with two attached hydrogens (primary N) is 1. The number of hydrogen-bond donors (Lipinski definition) is 2. The average Bonchev–Trinajstić information content (AvgIpc) is 2.66. The molecular weight excluding hydrogens is 416 g/mol. The Balaban J connectivity index is 2.05. The Labute approximate surface area is 170 Å². The van der Waals surface area contributed by atoms with Gasteiger partial charge in [-0.05, 0) is 65.7 Å². The van der Waals surface area contributed by atoms with Gasteiger partial charge in [0.15, 0.2) is 0 Å². The summed E-state index contributed by atoms with van der Waals surface area (Å²) in [6.07, 6.45) is 9.00. The number of anilines is 1. The molecule has 1 aliphatic rings. The average molecular weight is 446 g/mol. The van der Waals surface area contributed by atoms with Crippen molar-refractivity contribution in [3.63, 3.8) is 0 Å². The lowest BCUT2D eigenvalue weighted by Crippen LogP contribution is -2.45. The molecule has 0 radical (unpaired) electrons. The van der Waals surface area contributed by atoms with Gasteiger partial charge >= 0.3 is 5.97 Å². The second-order valence-electron chi connectivity index (χ2n) is 7.11. The molecule has 26 heavy (non-hydrogen) atoms. The van der Waals surface area contributed by atoms with Crippen molar-refractivity contribution < 1.29 is 9.53 Å². The summed E-state index contributed by atoms with van der Waals surface area (Å²) >= 11 is 9.12. The van der Waals surface area contributed by atoms with E-state index in [-0.39, 0.29) is 11.5 Å². The molecule has 1 fully saturated rings. The summed E-state index contributed by atoms with van der Waals surface area (Å²) in [7, 11) is 0. The number of rotatable bonds is 9. The molecule has 1 aromatic carbocycles. The van der Waals surface area contributed by atoms with Gasteiger partial charge in [0.2, 0.25) is 0 Å². The first-order chi connectivity index (χ1) is 12.5. The fraction of sp³-hybridized carbons (Fsp3) is 0.650. The molecule has 0 aliphatic heterocycles. The van der Waals surface area contributed by atoms with Crippen molar-refractivity contribution in [2.75, 3.05) is 18.2 Å².